The lowest BCUT2D eigenvalue weighted by Crippen LogP contribution is -1.96. The summed E-state index contributed by atoms with van der Waals surface area (Å²) in [4.78, 5) is 13.7. The third kappa shape index (κ3) is 5.48. The minimum Gasteiger partial charge on any atom is -0.303 e. The molecule has 1 atom stereocenters. The van der Waals surface area contributed by atoms with Crippen molar-refractivity contribution in [3.63, 3.8) is 0 Å². The summed E-state index contributed by atoms with van der Waals surface area (Å²) in [5.41, 5.74) is 0. The van der Waals surface area contributed by atoms with Crippen molar-refractivity contribution >= 4 is 13.0 Å². The highest BCUT2D eigenvalue weighted by Crippen LogP contribution is 2.07. The van der Waals surface area contributed by atoms with Gasteiger partial charge in [0.1, 0.15) is 6.29 Å². The lowest BCUT2D eigenvalue weighted by atomic mass is 10.0. The first-order valence-corrected chi connectivity index (χ1v) is 3.67. The molecule has 0 saturated carbocycles. The molecule has 0 heterocycles. The summed E-state index contributed by atoms with van der Waals surface area (Å²) in [6, 6.07) is 0. The van der Waals surface area contributed by atoms with E-state index in [-0.39, 0.29) is 0 Å². The molecule has 0 spiro atoms. The van der Waals surface area contributed by atoms with Gasteiger partial charge in [0.25, 0.3) is 0 Å². The zero-order chi connectivity index (χ0) is 7.82. The van der Waals surface area contributed by atoms with Crippen LogP contribution in [-0.4, -0.2) is 19.5 Å². The third-order valence-electron chi connectivity index (χ3n) is 1.51. The summed E-state index contributed by atoms with van der Waals surface area (Å²) in [6.45, 7) is 6.29. The first kappa shape index (κ1) is 9.34. The lowest BCUT2D eigenvalue weighted by Gasteiger charge is -2.03. The van der Waals surface area contributed by atoms with Crippen molar-refractivity contribution in [2.75, 3.05) is 6.54 Å². The highest BCUT2D eigenvalue weighted by Gasteiger charge is 1.98. The zero-order valence-corrected chi connectivity index (χ0v) is 6.55. The summed E-state index contributed by atoms with van der Waals surface area (Å²) in [5.74, 6) is 0.513. The van der Waals surface area contributed by atoms with Crippen molar-refractivity contribution < 1.29 is 4.79 Å². The van der Waals surface area contributed by atoms with Crippen molar-refractivity contribution in [1.29, 1.82) is 0 Å². The largest absolute Gasteiger partial charge is 0.303 e. The van der Waals surface area contributed by atoms with Crippen LogP contribution >= 0.6 is 0 Å². The van der Waals surface area contributed by atoms with Crippen molar-refractivity contribution in [1.82, 2.24) is 0 Å². The van der Waals surface area contributed by atoms with E-state index in [2.05, 4.69) is 18.6 Å². The highest BCUT2D eigenvalue weighted by atomic mass is 16.1. The summed E-state index contributed by atoms with van der Waals surface area (Å²) in [5, 5.41) is 0. The average Bonchev–Trinajstić information content (AvgIpc) is 1.89. The van der Waals surface area contributed by atoms with Crippen LogP contribution in [0.5, 0.6) is 0 Å². The topological polar surface area (TPSA) is 29.4 Å². The van der Waals surface area contributed by atoms with Crippen LogP contribution in [0, 0.1) is 5.92 Å². The highest BCUT2D eigenvalue weighted by molar-refractivity contribution is 5.49. The quantitative estimate of drug-likeness (QED) is 0.314. The number of aliphatic imine (C=N–C) groups is 1. The summed E-state index contributed by atoms with van der Waals surface area (Å²) in [6.07, 6.45) is 3.79. The van der Waals surface area contributed by atoms with Gasteiger partial charge in [-0.25, -0.2) is 0 Å². The van der Waals surface area contributed by atoms with Gasteiger partial charge < -0.3 is 9.79 Å². The van der Waals surface area contributed by atoms with Crippen molar-refractivity contribution in [2.24, 2.45) is 10.9 Å². The Bertz CT molecular complexity index is 101. The molecule has 0 rings (SSSR count). The summed E-state index contributed by atoms with van der Waals surface area (Å²) in [7, 11) is 0. The minimum atomic E-state index is 0.513. The molecule has 0 aromatic heterocycles. The molecule has 0 saturated heterocycles. The van der Waals surface area contributed by atoms with Gasteiger partial charge in [-0.05, 0) is 25.5 Å². The van der Waals surface area contributed by atoms with Gasteiger partial charge >= 0.3 is 0 Å². The van der Waals surface area contributed by atoms with Crippen LogP contribution in [0.2, 0.25) is 0 Å². The number of aldehydes is 1. The first-order valence-electron chi connectivity index (χ1n) is 3.67. The van der Waals surface area contributed by atoms with Crippen molar-refractivity contribution in [3.05, 3.63) is 0 Å². The van der Waals surface area contributed by atoms with Crippen LogP contribution in [0.1, 0.15) is 26.2 Å². The molecule has 2 heteroatoms. The van der Waals surface area contributed by atoms with E-state index < -0.39 is 0 Å². The fourth-order valence-electron chi connectivity index (χ4n) is 0.834. The molecule has 0 aliphatic heterocycles. The maximum absolute atomic E-state index is 10.0. The van der Waals surface area contributed by atoms with Gasteiger partial charge in [0, 0.05) is 13.0 Å². The fraction of sp³-hybridized carbons (Fsp3) is 0.750. The number of hydrogen-bond acceptors (Lipinski definition) is 2. The molecule has 0 aliphatic rings. The maximum Gasteiger partial charge on any atom is 0.120 e. The van der Waals surface area contributed by atoms with E-state index in [0.29, 0.717) is 12.3 Å². The number of hydrogen-bond donors (Lipinski definition) is 0. The van der Waals surface area contributed by atoms with Gasteiger partial charge in [0.15, 0.2) is 0 Å². The Balaban J connectivity index is 3.11. The fourth-order valence-corrected chi connectivity index (χ4v) is 0.834. The second kappa shape index (κ2) is 6.46. The Morgan fingerprint density at radius 3 is 2.90 bits per heavy atom. The third-order valence-corrected chi connectivity index (χ3v) is 1.51. The molecule has 58 valence electrons. The van der Waals surface area contributed by atoms with E-state index in [1.54, 1.807) is 0 Å². The number of nitrogens with zero attached hydrogens (tertiary/aromatic N) is 1. The SMILES string of the molecule is C=NCCCC(C)CC=O. The standard InChI is InChI=1S/C8H15NO/c1-8(5-7-10)4-3-6-9-2/h7-8H,2-6H2,1H3. The molecule has 1 unspecified atom stereocenters. The average molecular weight is 141 g/mol. The smallest absolute Gasteiger partial charge is 0.120 e. The zero-order valence-electron chi connectivity index (χ0n) is 6.55. The Morgan fingerprint density at radius 2 is 2.40 bits per heavy atom. The second-order valence-corrected chi connectivity index (χ2v) is 2.60. The van der Waals surface area contributed by atoms with E-state index in [0.717, 1.165) is 25.7 Å². The molecule has 10 heavy (non-hydrogen) atoms. The predicted molar refractivity (Wildman–Crippen MR) is 43.5 cm³/mol. The Kier molecular flexibility index (Phi) is 6.03. The number of carbonyl (C=O) groups is 1. The van der Waals surface area contributed by atoms with Gasteiger partial charge in [-0.2, -0.15) is 0 Å². The van der Waals surface area contributed by atoms with Gasteiger partial charge in [0.2, 0.25) is 0 Å². The van der Waals surface area contributed by atoms with Crippen molar-refractivity contribution in [2.45, 2.75) is 26.2 Å². The first-order chi connectivity index (χ1) is 4.81. The van der Waals surface area contributed by atoms with E-state index in [9.17, 15) is 4.79 Å². The van der Waals surface area contributed by atoms with Crippen LogP contribution in [0.3, 0.4) is 0 Å². The monoisotopic (exact) mass is 141 g/mol. The summed E-state index contributed by atoms with van der Waals surface area (Å²) < 4.78 is 0. The van der Waals surface area contributed by atoms with Crippen LogP contribution in [0.15, 0.2) is 4.99 Å². The second-order valence-electron chi connectivity index (χ2n) is 2.60. The molecule has 2 nitrogen and oxygen atoms in total. The minimum absolute atomic E-state index is 0.513. The van der Waals surface area contributed by atoms with E-state index in [1.807, 2.05) is 0 Å². The molecule has 0 aromatic rings. The van der Waals surface area contributed by atoms with E-state index in [1.165, 1.54) is 0 Å². The van der Waals surface area contributed by atoms with Crippen molar-refractivity contribution in [3.8, 4) is 0 Å². The van der Waals surface area contributed by atoms with Gasteiger partial charge in [0.05, 0.1) is 0 Å². The van der Waals surface area contributed by atoms with Gasteiger partial charge in [-0.3, -0.25) is 0 Å². The molecule has 0 aliphatic carbocycles. The maximum atomic E-state index is 10.0. The molecule has 0 N–H and O–H groups in total. The molecule has 0 aromatic carbocycles. The predicted octanol–water partition coefficient (Wildman–Crippen LogP) is 1.69. The Labute approximate surface area is 62.4 Å². The van der Waals surface area contributed by atoms with Gasteiger partial charge in [-0.1, -0.05) is 6.92 Å². The van der Waals surface area contributed by atoms with E-state index in [4.69, 9.17) is 0 Å². The van der Waals surface area contributed by atoms with Crippen LogP contribution in [0.25, 0.3) is 0 Å². The molecule has 0 bridgehead atoms. The molecular weight excluding hydrogens is 126 g/mol. The number of carbonyl (C=O) groups excluding carboxylic acids is 1. The van der Waals surface area contributed by atoms with E-state index >= 15 is 0 Å². The normalized spacial score (nSPS) is 12.5. The van der Waals surface area contributed by atoms with Crippen LogP contribution in [-0.2, 0) is 4.79 Å². The van der Waals surface area contributed by atoms with Gasteiger partial charge in [-0.15, -0.1) is 0 Å². The molecule has 0 radical (unpaired) electrons. The molecule has 0 fully saturated rings. The van der Waals surface area contributed by atoms with Crippen LogP contribution < -0.4 is 0 Å². The van der Waals surface area contributed by atoms with Crippen LogP contribution in [0.4, 0.5) is 0 Å². The lowest BCUT2D eigenvalue weighted by molar-refractivity contribution is -0.108. The number of rotatable bonds is 6. The molecular formula is C8H15NO. The Hall–Kier alpha value is -0.660. The summed E-state index contributed by atoms with van der Waals surface area (Å²) >= 11 is 0. The molecule has 0 amide bonds. The Morgan fingerprint density at radius 1 is 1.70 bits per heavy atom.